The Hall–Kier alpha value is -3.54. The zero-order valence-corrected chi connectivity index (χ0v) is 16.1. The highest BCUT2D eigenvalue weighted by atomic mass is 16.5. The van der Waals surface area contributed by atoms with E-state index in [1.165, 1.54) is 5.56 Å². The van der Waals surface area contributed by atoms with Crippen LogP contribution in [0.1, 0.15) is 22.6 Å². The Morgan fingerprint density at radius 1 is 0.929 bits per heavy atom. The average Bonchev–Trinajstić information content (AvgIpc) is 3.31. The zero-order chi connectivity index (χ0) is 19.7. The first kappa shape index (κ1) is 17.9. The first-order valence-corrected chi connectivity index (χ1v) is 8.83. The summed E-state index contributed by atoms with van der Waals surface area (Å²) in [5.74, 6) is 2.77. The summed E-state index contributed by atoms with van der Waals surface area (Å²) in [6, 6.07) is 11.7. The number of fused-ring (bicyclic) bond motifs is 1. The Balaban J connectivity index is 1.62. The van der Waals surface area contributed by atoms with Gasteiger partial charge in [-0.25, -0.2) is 0 Å². The molecule has 0 spiro atoms. The number of rotatable bonds is 5. The van der Waals surface area contributed by atoms with Gasteiger partial charge >= 0.3 is 0 Å². The fraction of sp³-hybridized carbons (Fsp3) is 0.182. The second-order valence-electron chi connectivity index (χ2n) is 6.46. The first-order chi connectivity index (χ1) is 13.6. The minimum atomic E-state index is 0.390. The molecule has 6 heteroatoms. The largest absolute Gasteiger partial charge is 0.493 e. The number of aryl methyl sites for hydroxylation is 2. The normalized spacial score (nSPS) is 11.4. The van der Waals surface area contributed by atoms with E-state index in [2.05, 4.69) is 23.1 Å². The van der Waals surface area contributed by atoms with Gasteiger partial charge in [0.2, 0.25) is 5.82 Å². The summed E-state index contributed by atoms with van der Waals surface area (Å²) in [6.07, 6.45) is 3.62. The third kappa shape index (κ3) is 3.24. The molecule has 0 fully saturated rings. The van der Waals surface area contributed by atoms with Crippen molar-refractivity contribution < 1.29 is 18.4 Å². The number of hydrogen-bond acceptors (Lipinski definition) is 6. The lowest BCUT2D eigenvalue weighted by Gasteiger charge is -2.07. The molecule has 2 heterocycles. The average molecular weight is 376 g/mol. The van der Waals surface area contributed by atoms with Crippen LogP contribution in [0.25, 0.3) is 34.7 Å². The van der Waals surface area contributed by atoms with Crippen LogP contribution in [0.15, 0.2) is 45.3 Å². The number of aromatic nitrogens is 2. The molecule has 2 aromatic carbocycles. The minimum Gasteiger partial charge on any atom is -0.493 e. The number of benzene rings is 2. The molecule has 0 amide bonds. The van der Waals surface area contributed by atoms with Crippen molar-refractivity contribution in [2.24, 2.45) is 0 Å². The van der Waals surface area contributed by atoms with Crippen molar-refractivity contribution in [2.45, 2.75) is 13.8 Å². The smallest absolute Gasteiger partial charge is 0.251 e. The summed E-state index contributed by atoms with van der Waals surface area (Å²) in [4.78, 5) is 4.44. The van der Waals surface area contributed by atoms with Gasteiger partial charge in [-0.15, -0.1) is 0 Å². The highest BCUT2D eigenvalue weighted by Gasteiger charge is 2.17. The maximum atomic E-state index is 5.93. The maximum Gasteiger partial charge on any atom is 0.251 e. The molecule has 0 unspecified atom stereocenters. The van der Waals surface area contributed by atoms with Gasteiger partial charge < -0.3 is 18.4 Å². The van der Waals surface area contributed by atoms with Crippen LogP contribution in [-0.4, -0.2) is 24.4 Å². The molecule has 4 rings (SSSR count). The fourth-order valence-electron chi connectivity index (χ4n) is 3.07. The summed E-state index contributed by atoms with van der Waals surface area (Å²) in [7, 11) is 3.21. The van der Waals surface area contributed by atoms with Crippen LogP contribution in [-0.2, 0) is 0 Å². The molecule has 4 aromatic rings. The van der Waals surface area contributed by atoms with Gasteiger partial charge in [0.25, 0.3) is 5.89 Å². The van der Waals surface area contributed by atoms with Crippen LogP contribution >= 0.6 is 0 Å². The quantitative estimate of drug-likeness (QED) is 0.471. The van der Waals surface area contributed by atoms with Crippen molar-refractivity contribution >= 4 is 23.1 Å². The van der Waals surface area contributed by atoms with Crippen molar-refractivity contribution in [2.75, 3.05) is 14.2 Å². The Kier molecular flexibility index (Phi) is 4.61. The van der Waals surface area contributed by atoms with Crippen molar-refractivity contribution in [3.63, 3.8) is 0 Å². The lowest BCUT2D eigenvalue weighted by molar-refractivity contribution is 0.355. The van der Waals surface area contributed by atoms with Crippen LogP contribution in [0.2, 0.25) is 0 Å². The van der Waals surface area contributed by atoms with Gasteiger partial charge in [-0.3, -0.25) is 0 Å². The molecule has 28 heavy (non-hydrogen) atoms. The molecule has 0 atom stereocenters. The Morgan fingerprint density at radius 2 is 1.75 bits per heavy atom. The Bertz CT molecular complexity index is 1170. The number of furan rings is 1. The molecule has 142 valence electrons. The molecule has 0 radical (unpaired) electrons. The van der Waals surface area contributed by atoms with Gasteiger partial charge in [-0.05, 0) is 49.8 Å². The van der Waals surface area contributed by atoms with Gasteiger partial charge in [0, 0.05) is 17.0 Å². The van der Waals surface area contributed by atoms with Crippen molar-refractivity contribution in [3.05, 3.63) is 59.0 Å². The molecule has 0 saturated heterocycles. The first-order valence-electron chi connectivity index (χ1n) is 8.83. The van der Waals surface area contributed by atoms with E-state index >= 15 is 0 Å². The monoisotopic (exact) mass is 376 g/mol. The van der Waals surface area contributed by atoms with Gasteiger partial charge in [0.1, 0.15) is 5.58 Å². The van der Waals surface area contributed by atoms with Crippen molar-refractivity contribution in [1.29, 1.82) is 0 Å². The van der Waals surface area contributed by atoms with Crippen molar-refractivity contribution in [1.82, 2.24) is 10.1 Å². The molecular formula is C22H20N2O4. The van der Waals surface area contributed by atoms with Gasteiger partial charge in [0.15, 0.2) is 17.3 Å². The van der Waals surface area contributed by atoms with E-state index in [0.717, 1.165) is 22.1 Å². The summed E-state index contributed by atoms with van der Waals surface area (Å²) in [5, 5.41) is 5.12. The SMILES string of the molecule is COc1ccc(/C=C/c2nc(-c3oc4ccc(C)cc4c3C)no2)cc1OC. The summed E-state index contributed by atoms with van der Waals surface area (Å²) in [6.45, 7) is 4.05. The summed E-state index contributed by atoms with van der Waals surface area (Å²) in [5.41, 5.74) is 3.91. The molecule has 0 saturated carbocycles. The predicted octanol–water partition coefficient (Wildman–Crippen LogP) is 5.29. The maximum absolute atomic E-state index is 5.93. The standard InChI is InChI=1S/C22H20N2O4/c1-13-5-8-17-16(11-13)14(2)21(27-17)22-23-20(28-24-22)10-7-15-6-9-18(25-3)19(12-15)26-4/h5-12H,1-4H3/b10-7+. The fourth-order valence-corrected chi connectivity index (χ4v) is 3.07. The van der Waals surface area contributed by atoms with Crippen molar-refractivity contribution in [3.8, 4) is 23.1 Å². The van der Waals surface area contributed by atoms with Crippen LogP contribution in [0.4, 0.5) is 0 Å². The van der Waals surface area contributed by atoms with Crippen LogP contribution < -0.4 is 9.47 Å². The highest BCUT2D eigenvalue weighted by molar-refractivity contribution is 5.87. The number of methoxy groups -OCH3 is 2. The Morgan fingerprint density at radius 3 is 2.54 bits per heavy atom. The molecule has 0 aliphatic carbocycles. The molecule has 0 N–H and O–H groups in total. The van der Waals surface area contributed by atoms with E-state index in [-0.39, 0.29) is 0 Å². The van der Waals surface area contributed by atoms with Gasteiger partial charge in [-0.2, -0.15) is 4.98 Å². The zero-order valence-electron chi connectivity index (χ0n) is 16.1. The molecular weight excluding hydrogens is 356 g/mol. The summed E-state index contributed by atoms with van der Waals surface area (Å²) < 4.78 is 21.9. The highest BCUT2D eigenvalue weighted by Crippen LogP contribution is 2.32. The third-order valence-corrected chi connectivity index (χ3v) is 4.56. The van der Waals surface area contributed by atoms with E-state index in [0.29, 0.717) is 29.0 Å². The number of hydrogen-bond donors (Lipinski definition) is 0. The molecule has 2 aromatic heterocycles. The van der Waals surface area contributed by atoms with Gasteiger partial charge in [-0.1, -0.05) is 22.9 Å². The van der Waals surface area contributed by atoms with Crippen LogP contribution in [0, 0.1) is 13.8 Å². The molecule has 6 nitrogen and oxygen atoms in total. The molecule has 0 bridgehead atoms. The lowest BCUT2D eigenvalue weighted by atomic mass is 10.1. The van der Waals surface area contributed by atoms with E-state index in [1.54, 1.807) is 20.3 Å². The van der Waals surface area contributed by atoms with Gasteiger partial charge in [0.05, 0.1) is 14.2 Å². The van der Waals surface area contributed by atoms with Crippen LogP contribution in [0.3, 0.4) is 0 Å². The lowest BCUT2D eigenvalue weighted by Crippen LogP contribution is -1.90. The van der Waals surface area contributed by atoms with Crippen LogP contribution in [0.5, 0.6) is 11.5 Å². The Labute approximate surface area is 162 Å². The second-order valence-corrected chi connectivity index (χ2v) is 6.46. The third-order valence-electron chi connectivity index (χ3n) is 4.56. The number of ether oxygens (including phenoxy) is 2. The predicted molar refractivity (Wildman–Crippen MR) is 107 cm³/mol. The van der Waals surface area contributed by atoms with E-state index in [4.69, 9.17) is 18.4 Å². The summed E-state index contributed by atoms with van der Waals surface area (Å²) >= 11 is 0. The van der Waals surface area contributed by atoms with E-state index < -0.39 is 0 Å². The minimum absolute atomic E-state index is 0.390. The molecule has 0 aliphatic heterocycles. The molecule has 0 aliphatic rings. The second kappa shape index (κ2) is 7.23. The van der Waals surface area contributed by atoms with E-state index in [1.807, 2.05) is 43.3 Å². The van der Waals surface area contributed by atoms with E-state index in [9.17, 15) is 0 Å². The number of nitrogens with zero attached hydrogens (tertiary/aromatic N) is 2. The topological polar surface area (TPSA) is 70.5 Å².